The molecule has 3 atom stereocenters. The molecule has 1 aliphatic carbocycles. The molecule has 1 heterocycles. The zero-order valence-corrected chi connectivity index (χ0v) is 13.4. The number of aliphatic hydroxyl groups is 1. The van der Waals surface area contributed by atoms with E-state index in [1.165, 1.54) is 6.42 Å². The van der Waals surface area contributed by atoms with Crippen molar-refractivity contribution in [3.8, 4) is 0 Å². The van der Waals surface area contributed by atoms with E-state index in [0.29, 0.717) is 24.9 Å². The Morgan fingerprint density at radius 2 is 1.80 bits per heavy atom. The summed E-state index contributed by atoms with van der Waals surface area (Å²) >= 11 is 0. The van der Waals surface area contributed by atoms with Crippen molar-refractivity contribution in [2.24, 2.45) is 17.8 Å². The van der Waals surface area contributed by atoms with E-state index >= 15 is 0 Å². The Bertz CT molecular complexity index is 405. The second-order valence-electron chi connectivity index (χ2n) is 6.52. The van der Waals surface area contributed by atoms with Crippen molar-refractivity contribution in [1.29, 1.82) is 0 Å². The summed E-state index contributed by atoms with van der Waals surface area (Å²) in [5, 5.41) is 9.12. The van der Waals surface area contributed by atoms with Crippen LogP contribution in [0.4, 0.5) is 0 Å². The molecule has 1 aliphatic heterocycles. The molecule has 0 radical (unpaired) electrons. The largest absolute Gasteiger partial charge is 0.396 e. The molecular weight excluding hydrogens is 276 g/mol. The third-order valence-electron chi connectivity index (χ3n) is 5.18. The Morgan fingerprint density at radius 3 is 2.40 bits per heavy atom. The Labute approximate surface area is 122 Å². The lowest BCUT2D eigenvalue weighted by Crippen LogP contribution is -2.51. The second-order valence-corrected chi connectivity index (χ2v) is 8.22. The SMILES string of the molecule is CC1CCCC(NS(=O)(=O)N2CCC(CO)CC2)C1C. The van der Waals surface area contributed by atoms with Gasteiger partial charge in [-0.25, -0.2) is 0 Å². The Morgan fingerprint density at radius 1 is 1.15 bits per heavy atom. The third kappa shape index (κ3) is 3.72. The molecule has 6 heteroatoms. The highest BCUT2D eigenvalue weighted by Crippen LogP contribution is 2.30. The smallest absolute Gasteiger partial charge is 0.279 e. The van der Waals surface area contributed by atoms with Gasteiger partial charge in [-0.15, -0.1) is 0 Å². The molecule has 1 saturated carbocycles. The van der Waals surface area contributed by atoms with Crippen molar-refractivity contribution < 1.29 is 13.5 Å². The van der Waals surface area contributed by atoms with Crippen molar-refractivity contribution >= 4 is 10.2 Å². The minimum atomic E-state index is -3.37. The fourth-order valence-electron chi connectivity index (χ4n) is 3.35. The van der Waals surface area contributed by atoms with E-state index in [4.69, 9.17) is 5.11 Å². The zero-order chi connectivity index (χ0) is 14.8. The van der Waals surface area contributed by atoms with Crippen LogP contribution < -0.4 is 4.72 Å². The maximum absolute atomic E-state index is 12.5. The first-order valence-electron chi connectivity index (χ1n) is 7.82. The van der Waals surface area contributed by atoms with E-state index in [0.717, 1.165) is 25.7 Å². The standard InChI is InChI=1S/C14H28N2O3S/c1-11-4-3-5-14(12(11)2)15-20(18,19)16-8-6-13(10-17)7-9-16/h11-15,17H,3-10H2,1-2H3. The van der Waals surface area contributed by atoms with Gasteiger partial charge in [0.05, 0.1) is 0 Å². The second kappa shape index (κ2) is 6.73. The summed E-state index contributed by atoms with van der Waals surface area (Å²) in [4.78, 5) is 0. The van der Waals surface area contributed by atoms with Crippen molar-refractivity contribution in [2.45, 2.75) is 52.0 Å². The summed E-state index contributed by atoms with van der Waals surface area (Å²) in [7, 11) is -3.37. The van der Waals surface area contributed by atoms with Crippen LogP contribution in [-0.4, -0.2) is 43.6 Å². The van der Waals surface area contributed by atoms with Crippen molar-refractivity contribution in [2.75, 3.05) is 19.7 Å². The van der Waals surface area contributed by atoms with Crippen molar-refractivity contribution in [1.82, 2.24) is 9.03 Å². The molecule has 0 aromatic rings. The van der Waals surface area contributed by atoms with Gasteiger partial charge in [0, 0.05) is 25.7 Å². The maximum atomic E-state index is 12.5. The van der Waals surface area contributed by atoms with Crippen LogP contribution in [0.2, 0.25) is 0 Å². The first kappa shape index (κ1) is 16.2. The van der Waals surface area contributed by atoms with Crippen molar-refractivity contribution in [3.05, 3.63) is 0 Å². The molecule has 2 N–H and O–H groups in total. The average Bonchev–Trinajstić information content (AvgIpc) is 2.44. The summed E-state index contributed by atoms with van der Waals surface area (Å²) in [5.41, 5.74) is 0. The van der Waals surface area contributed by atoms with Crippen LogP contribution in [0.3, 0.4) is 0 Å². The minimum Gasteiger partial charge on any atom is -0.396 e. The lowest BCUT2D eigenvalue weighted by molar-refractivity contribution is 0.167. The van der Waals surface area contributed by atoms with Gasteiger partial charge in [-0.2, -0.15) is 17.4 Å². The van der Waals surface area contributed by atoms with Gasteiger partial charge in [0.25, 0.3) is 10.2 Å². The lowest BCUT2D eigenvalue weighted by Gasteiger charge is -2.37. The molecule has 0 aromatic carbocycles. The number of aliphatic hydroxyl groups excluding tert-OH is 1. The molecule has 5 nitrogen and oxygen atoms in total. The molecule has 2 aliphatic rings. The number of hydrogen-bond donors (Lipinski definition) is 2. The van der Waals surface area contributed by atoms with Gasteiger partial charge in [-0.1, -0.05) is 26.7 Å². The predicted molar refractivity (Wildman–Crippen MR) is 79.4 cm³/mol. The summed E-state index contributed by atoms with van der Waals surface area (Å²) in [6.45, 7) is 5.57. The average molecular weight is 304 g/mol. The number of hydrogen-bond acceptors (Lipinski definition) is 3. The summed E-state index contributed by atoms with van der Waals surface area (Å²) < 4.78 is 29.4. The molecule has 3 unspecified atom stereocenters. The van der Waals surface area contributed by atoms with Gasteiger partial charge in [-0.3, -0.25) is 0 Å². The molecular formula is C14H28N2O3S. The van der Waals surface area contributed by atoms with Gasteiger partial charge < -0.3 is 5.11 Å². The van der Waals surface area contributed by atoms with E-state index in [9.17, 15) is 8.42 Å². The van der Waals surface area contributed by atoms with Crippen LogP contribution in [0.25, 0.3) is 0 Å². The predicted octanol–water partition coefficient (Wildman–Crippen LogP) is 1.35. The lowest BCUT2D eigenvalue weighted by atomic mass is 9.78. The molecule has 0 amide bonds. The van der Waals surface area contributed by atoms with Crippen molar-refractivity contribution in [3.63, 3.8) is 0 Å². The number of piperidine rings is 1. The molecule has 118 valence electrons. The Hall–Kier alpha value is -0.170. The van der Waals surface area contributed by atoms with Gasteiger partial charge >= 0.3 is 0 Å². The van der Waals surface area contributed by atoms with Gasteiger partial charge in [-0.05, 0) is 37.0 Å². The van der Waals surface area contributed by atoms with Crippen LogP contribution in [0.15, 0.2) is 0 Å². The van der Waals surface area contributed by atoms with Crippen LogP contribution >= 0.6 is 0 Å². The Balaban J connectivity index is 1.94. The minimum absolute atomic E-state index is 0.0688. The molecule has 2 fully saturated rings. The molecule has 2 rings (SSSR count). The zero-order valence-electron chi connectivity index (χ0n) is 12.6. The van der Waals surface area contributed by atoms with E-state index in [1.807, 2.05) is 0 Å². The molecule has 0 spiro atoms. The maximum Gasteiger partial charge on any atom is 0.279 e. The summed E-state index contributed by atoms with van der Waals surface area (Å²) in [6, 6.07) is 0.0688. The normalized spacial score (nSPS) is 34.2. The molecule has 20 heavy (non-hydrogen) atoms. The fourth-order valence-corrected chi connectivity index (χ4v) is 4.90. The number of rotatable bonds is 4. The summed E-state index contributed by atoms with van der Waals surface area (Å²) in [5.74, 6) is 1.24. The highest BCUT2D eigenvalue weighted by molar-refractivity contribution is 7.87. The van der Waals surface area contributed by atoms with E-state index in [-0.39, 0.29) is 18.6 Å². The van der Waals surface area contributed by atoms with Crippen LogP contribution in [0.1, 0.15) is 46.0 Å². The Kier molecular flexibility index (Phi) is 5.45. The molecule has 1 saturated heterocycles. The fraction of sp³-hybridized carbons (Fsp3) is 1.00. The number of nitrogens with one attached hydrogen (secondary N) is 1. The number of nitrogens with zero attached hydrogens (tertiary/aromatic N) is 1. The van der Waals surface area contributed by atoms with Gasteiger partial charge in [0.2, 0.25) is 0 Å². The molecule has 0 bridgehead atoms. The van der Waals surface area contributed by atoms with Crippen LogP contribution in [0, 0.1) is 17.8 Å². The van der Waals surface area contributed by atoms with Gasteiger partial charge in [0.1, 0.15) is 0 Å². The third-order valence-corrected chi connectivity index (χ3v) is 6.82. The summed E-state index contributed by atoms with van der Waals surface area (Å²) in [6.07, 6.45) is 4.76. The van der Waals surface area contributed by atoms with E-state index in [2.05, 4.69) is 18.6 Å². The highest BCUT2D eigenvalue weighted by atomic mass is 32.2. The quantitative estimate of drug-likeness (QED) is 0.824. The van der Waals surface area contributed by atoms with Crippen LogP contribution in [-0.2, 0) is 10.2 Å². The van der Waals surface area contributed by atoms with E-state index < -0.39 is 10.2 Å². The monoisotopic (exact) mass is 304 g/mol. The first-order valence-corrected chi connectivity index (χ1v) is 9.26. The van der Waals surface area contributed by atoms with Gasteiger partial charge in [0.15, 0.2) is 0 Å². The topological polar surface area (TPSA) is 69.6 Å². The van der Waals surface area contributed by atoms with Crippen LogP contribution in [0.5, 0.6) is 0 Å². The first-order chi connectivity index (χ1) is 9.44. The molecule has 0 aromatic heterocycles. The van der Waals surface area contributed by atoms with E-state index in [1.54, 1.807) is 4.31 Å². The highest BCUT2D eigenvalue weighted by Gasteiger charge is 2.34.